The summed E-state index contributed by atoms with van der Waals surface area (Å²) in [6.07, 6.45) is 23.4. The average molecular weight is 1550 g/mol. The molecule has 0 aromatic heterocycles. The van der Waals surface area contributed by atoms with Crippen molar-refractivity contribution in [3.63, 3.8) is 0 Å². The van der Waals surface area contributed by atoms with E-state index < -0.39 is 53.2 Å². The van der Waals surface area contributed by atoms with Gasteiger partial charge in [-0.1, -0.05) is 187 Å². The maximum Gasteiger partial charge on any atom is 0.307 e. The molecule has 0 aromatic carbocycles. The summed E-state index contributed by atoms with van der Waals surface area (Å²) in [7, 11) is 0. The van der Waals surface area contributed by atoms with Crippen molar-refractivity contribution in [2.24, 2.45) is 103 Å². The summed E-state index contributed by atoms with van der Waals surface area (Å²) >= 11 is 0. The fraction of sp³-hybridized carbons (Fsp3) is 0.833. The summed E-state index contributed by atoms with van der Waals surface area (Å²) in [4.78, 5) is 207. The van der Waals surface area contributed by atoms with Crippen LogP contribution < -0.4 is 0 Å². The molecule has 4 aliphatic carbocycles. The van der Waals surface area contributed by atoms with Gasteiger partial charge in [0, 0.05) is 108 Å². The number of carbonyl (C=O) groups excluding carboxylic acids is 15. The van der Waals surface area contributed by atoms with E-state index >= 15 is 0 Å². The van der Waals surface area contributed by atoms with Gasteiger partial charge >= 0.3 is 5.97 Å². The number of hydrogen-bond donors (Lipinski definition) is 0. The fourth-order valence-electron chi connectivity index (χ4n) is 19.1. The van der Waals surface area contributed by atoms with Crippen LogP contribution >= 0.6 is 0 Å². The Bertz CT molecular complexity index is 3470. The highest BCUT2D eigenvalue weighted by molar-refractivity contribution is 6.39. The number of amides is 6. The molecule has 0 unspecified atom stereocenters. The second kappa shape index (κ2) is 37.1. The van der Waals surface area contributed by atoms with Gasteiger partial charge in [-0.15, -0.1) is 0 Å². The molecule has 0 spiro atoms. The van der Waals surface area contributed by atoms with E-state index in [9.17, 15) is 71.9 Å². The number of esters is 1. The molecule has 21 nitrogen and oxygen atoms in total. The Balaban J connectivity index is 0.000000231. The normalized spacial score (nSPS) is 29.5. The van der Waals surface area contributed by atoms with Crippen LogP contribution in [0.1, 0.15) is 330 Å². The molecule has 6 heterocycles. The molecule has 4 saturated carbocycles. The van der Waals surface area contributed by atoms with E-state index in [0.717, 1.165) is 116 Å². The first-order valence-corrected chi connectivity index (χ1v) is 42.9. The molecule has 620 valence electrons. The Hall–Kier alpha value is -6.24. The molecular formula is C90H139N5O16. The van der Waals surface area contributed by atoms with E-state index in [1.54, 1.807) is 9.80 Å². The first-order valence-electron chi connectivity index (χ1n) is 42.9. The maximum absolute atomic E-state index is 14.6. The van der Waals surface area contributed by atoms with Gasteiger partial charge in [-0.2, -0.15) is 0 Å². The number of isocyanates is 1. The molecule has 0 bridgehead atoms. The molecule has 12 atom stereocenters. The number of ether oxygens (including phenoxy) is 1. The molecular weight excluding hydrogens is 1410 g/mol. The number of nitrogens with zero attached hydrogens (tertiary/aromatic N) is 5. The predicted octanol–water partition coefficient (Wildman–Crippen LogP) is 15.1. The smallest absolute Gasteiger partial charge is 0.307 e. The Morgan fingerprint density at radius 1 is 0.459 bits per heavy atom. The van der Waals surface area contributed by atoms with Crippen LogP contribution in [0.2, 0.25) is 0 Å². The lowest BCUT2D eigenvalue weighted by Crippen LogP contribution is -2.50. The number of rotatable bonds is 19. The zero-order valence-corrected chi connectivity index (χ0v) is 71.0. The maximum atomic E-state index is 14.6. The van der Waals surface area contributed by atoms with Crippen molar-refractivity contribution >= 4 is 88.0 Å². The van der Waals surface area contributed by atoms with Crippen LogP contribution in [0.15, 0.2) is 4.99 Å². The number of aliphatic imine (C=N–C) groups is 1. The number of piperidine rings is 4. The van der Waals surface area contributed by atoms with Crippen LogP contribution in [0.5, 0.6) is 0 Å². The number of likely N-dealkylation sites (tertiary alicyclic amines) is 2. The summed E-state index contributed by atoms with van der Waals surface area (Å²) in [5.74, 6) is -4.60. The molecule has 0 radical (unpaired) electrons. The topological polar surface area (TPSA) is 291 Å². The Kier molecular flexibility index (Phi) is 30.2. The number of hydrogen-bond acceptors (Lipinski definition) is 17. The highest BCUT2D eigenvalue weighted by Crippen LogP contribution is 2.66. The summed E-state index contributed by atoms with van der Waals surface area (Å²) in [6, 6.07) is -1.65. The van der Waals surface area contributed by atoms with Crippen molar-refractivity contribution in [2.45, 2.75) is 353 Å². The van der Waals surface area contributed by atoms with Gasteiger partial charge in [0.15, 0.2) is 23.1 Å². The number of imide groups is 2. The monoisotopic (exact) mass is 1550 g/mol. The third-order valence-corrected chi connectivity index (χ3v) is 26.8. The Morgan fingerprint density at radius 2 is 0.811 bits per heavy atom. The quantitative estimate of drug-likeness (QED) is 0.0382. The van der Waals surface area contributed by atoms with Gasteiger partial charge in [-0.25, -0.2) is 9.79 Å². The van der Waals surface area contributed by atoms with Gasteiger partial charge in [-0.3, -0.25) is 76.9 Å². The van der Waals surface area contributed by atoms with Crippen LogP contribution in [0, 0.1) is 97.6 Å². The van der Waals surface area contributed by atoms with Crippen molar-refractivity contribution in [1.82, 2.24) is 19.6 Å². The highest BCUT2D eigenvalue weighted by Gasteiger charge is 2.71. The summed E-state index contributed by atoms with van der Waals surface area (Å²) < 4.78 is 5.57. The van der Waals surface area contributed by atoms with E-state index in [4.69, 9.17) is 4.74 Å². The van der Waals surface area contributed by atoms with E-state index in [0.29, 0.717) is 82.7 Å². The lowest BCUT2D eigenvalue weighted by molar-refractivity contribution is -0.159. The van der Waals surface area contributed by atoms with Crippen molar-refractivity contribution in [1.29, 1.82) is 0 Å². The minimum atomic E-state index is -0.644. The molecule has 6 saturated heterocycles. The fourth-order valence-corrected chi connectivity index (χ4v) is 19.1. The molecule has 21 heteroatoms. The lowest BCUT2D eigenvalue weighted by atomic mass is 9.75. The first-order chi connectivity index (χ1) is 51.7. The first kappa shape index (κ1) is 90.3. The third-order valence-electron chi connectivity index (χ3n) is 26.8. The van der Waals surface area contributed by atoms with Crippen molar-refractivity contribution < 1.29 is 76.7 Å². The highest BCUT2D eigenvalue weighted by atomic mass is 16.6. The Morgan fingerprint density at radius 3 is 1.15 bits per heavy atom. The van der Waals surface area contributed by atoms with Gasteiger partial charge in [0.2, 0.25) is 53.1 Å². The van der Waals surface area contributed by atoms with Crippen molar-refractivity contribution in [3.8, 4) is 0 Å². The van der Waals surface area contributed by atoms with E-state index in [-0.39, 0.29) is 190 Å². The van der Waals surface area contributed by atoms with Gasteiger partial charge in [0.1, 0.15) is 11.4 Å². The summed E-state index contributed by atoms with van der Waals surface area (Å²) in [5.41, 5.74) is -2.09. The van der Waals surface area contributed by atoms with Crippen LogP contribution in [-0.2, 0) is 76.7 Å². The molecule has 6 aliphatic heterocycles. The zero-order valence-electron chi connectivity index (χ0n) is 71.0. The predicted molar refractivity (Wildman–Crippen MR) is 422 cm³/mol. The molecule has 0 N–H and O–H groups in total. The van der Waals surface area contributed by atoms with Gasteiger partial charge in [0.05, 0.1) is 31.1 Å². The second-order valence-corrected chi connectivity index (χ2v) is 41.6. The second-order valence-electron chi connectivity index (χ2n) is 41.6. The number of ketones is 7. The van der Waals surface area contributed by atoms with Crippen LogP contribution in [0.3, 0.4) is 0 Å². The average Bonchev–Trinajstić information content (AvgIpc) is 1.53. The van der Waals surface area contributed by atoms with Gasteiger partial charge < -0.3 is 14.5 Å². The summed E-state index contributed by atoms with van der Waals surface area (Å²) in [6.45, 7) is 34.9. The number of Topliss-reactive ketones (excluding diaryl/α,β-unsaturated/α-hetero) is 7. The van der Waals surface area contributed by atoms with Gasteiger partial charge in [0.25, 0.3) is 0 Å². The minimum absolute atomic E-state index is 0.00645. The molecule has 10 fully saturated rings. The van der Waals surface area contributed by atoms with E-state index in [1.807, 2.05) is 90.0 Å². The van der Waals surface area contributed by atoms with Crippen LogP contribution in [-0.4, -0.2) is 157 Å². The summed E-state index contributed by atoms with van der Waals surface area (Å²) in [5, 5.41) is 0. The largest absolute Gasteiger partial charge is 0.460 e. The SMILES string of the molecule is CC(C)(C)OC(=O)C[C@H]1CCCCCCCCC[C@@H](C(=O)C(=O)CC2CC2)CC(=O)[C@@H]2[C@@H]3[C@H](CN2C1=O)C3(C)C.CC1(C)CC(=O)N(C[C@@H](CC(=O)C[C@H]2CCCCCCCCC[C@@H](C(=O)C(=O)CC3CC3)CC(=O)[C@@H]3[C@@H]4[C@H](CN3C2=O)C4(C)C)C(C)(C)C)C(=O)C1.CC1(C)CC(=O)N(C[C@@H](N=C=O)C(C)(C)C)C(=O)C1. The minimum Gasteiger partial charge on any atom is -0.460 e. The molecule has 0 aromatic rings. The Labute approximate surface area is 663 Å². The van der Waals surface area contributed by atoms with E-state index in [1.165, 1.54) is 15.9 Å². The zero-order chi connectivity index (χ0) is 82.3. The van der Waals surface area contributed by atoms with Crippen molar-refractivity contribution in [2.75, 3.05) is 26.2 Å². The number of carbonyl (C=O) groups is 14. The van der Waals surface area contributed by atoms with E-state index in [2.05, 4.69) is 32.7 Å². The molecule has 10 rings (SSSR count). The molecule has 10 aliphatic rings. The number of fused-ring (bicyclic) bond motifs is 6. The van der Waals surface area contributed by atoms with Crippen LogP contribution in [0.4, 0.5) is 0 Å². The van der Waals surface area contributed by atoms with Crippen LogP contribution in [0.25, 0.3) is 0 Å². The third kappa shape index (κ3) is 24.9. The molecule has 111 heavy (non-hydrogen) atoms. The van der Waals surface area contributed by atoms with Gasteiger partial charge in [-0.05, 0) is 146 Å². The van der Waals surface area contributed by atoms with Crippen molar-refractivity contribution in [3.05, 3.63) is 0 Å². The standard InChI is InChI=1S/C43H66N2O7.C33H51NO6.C14H22N2O3/c1-41(2,3)30(25-44-35(49)23-42(4,5)24-36(44)50)22-31(46)20-29-16-14-12-10-8-9-11-13-15-28(39(51)34(48)19-27-17-18-27)21-33(47)38-37-32(43(37,6)7)26-45(38)40(29)52;1-32(2,3)40-27(37)19-23-14-12-10-8-6-7-9-11-13-22(30(38)26(36)17-21-15-16-21)18-25(35)29-28-24(33(28,4)5)20-34(29)31(23)39;1-13(2,3)10(15-9-17)8-16-11(18)6-14(4,5)7-12(16)19/h27-30,32,37-38H,8-26H2,1-7H3;21-24,28-29H,6-20H2,1-5H3;10H,6-8H2,1-5H3/t28-,29-,30-,32+,37+,38-;22-,23-,24+,28+,29-;10-/m111/s1. The lowest BCUT2D eigenvalue weighted by Gasteiger charge is -2.39. The molecule has 6 amide bonds.